The molecule has 1 fully saturated rings. The number of ether oxygens (including phenoxy) is 1. The second-order valence-electron chi connectivity index (χ2n) is 4.83. The van der Waals surface area contributed by atoms with Crippen LogP contribution in [0.5, 0.6) is 0 Å². The normalized spacial score (nSPS) is 23.0. The first-order valence-corrected chi connectivity index (χ1v) is 6.41. The summed E-state index contributed by atoms with van der Waals surface area (Å²) in [5, 5.41) is 2.90. The molecule has 0 spiro atoms. The van der Waals surface area contributed by atoms with E-state index in [4.69, 9.17) is 10.5 Å². The fraction of sp³-hybridized carbons (Fsp3) is 0.500. The Balaban J connectivity index is 2.01. The monoisotopic (exact) mass is 248 g/mol. The van der Waals surface area contributed by atoms with Gasteiger partial charge in [0.05, 0.1) is 18.6 Å². The fourth-order valence-electron chi connectivity index (χ4n) is 2.24. The molecule has 1 amide bonds. The molecule has 3 N–H and O–H groups in total. The highest BCUT2D eigenvalue weighted by atomic mass is 16.5. The summed E-state index contributed by atoms with van der Waals surface area (Å²) in [4.78, 5) is 12.0. The van der Waals surface area contributed by atoms with Crippen molar-refractivity contribution in [2.24, 2.45) is 5.92 Å². The van der Waals surface area contributed by atoms with Crippen LogP contribution in [0.2, 0.25) is 0 Å². The SMILES string of the molecule is CCc1ccc(NC(=O)C2COC(C)C2)cc1N. The van der Waals surface area contributed by atoms with Crippen LogP contribution in [0.3, 0.4) is 0 Å². The first kappa shape index (κ1) is 12.9. The number of nitrogen functional groups attached to an aromatic ring is 1. The molecule has 0 saturated carbocycles. The molecule has 1 aliphatic rings. The molecule has 0 radical (unpaired) electrons. The molecule has 4 nitrogen and oxygen atoms in total. The number of carbonyl (C=O) groups is 1. The molecule has 18 heavy (non-hydrogen) atoms. The van der Waals surface area contributed by atoms with Gasteiger partial charge in [0.15, 0.2) is 0 Å². The van der Waals surface area contributed by atoms with Crippen LogP contribution >= 0.6 is 0 Å². The summed E-state index contributed by atoms with van der Waals surface area (Å²) in [6.07, 6.45) is 1.86. The molecule has 2 rings (SSSR count). The van der Waals surface area contributed by atoms with Crippen LogP contribution in [-0.2, 0) is 16.0 Å². The van der Waals surface area contributed by atoms with Gasteiger partial charge in [0, 0.05) is 11.4 Å². The molecule has 1 aromatic carbocycles. The van der Waals surface area contributed by atoms with E-state index in [1.54, 1.807) is 0 Å². The summed E-state index contributed by atoms with van der Waals surface area (Å²) in [6, 6.07) is 5.67. The lowest BCUT2D eigenvalue weighted by atomic mass is 10.0. The van der Waals surface area contributed by atoms with Gasteiger partial charge in [0.1, 0.15) is 0 Å². The van der Waals surface area contributed by atoms with Gasteiger partial charge < -0.3 is 15.8 Å². The highest BCUT2D eigenvalue weighted by Crippen LogP contribution is 2.23. The minimum Gasteiger partial charge on any atom is -0.398 e. The lowest BCUT2D eigenvalue weighted by Gasteiger charge is -2.11. The van der Waals surface area contributed by atoms with Crippen LogP contribution in [0.4, 0.5) is 11.4 Å². The Hall–Kier alpha value is -1.55. The van der Waals surface area contributed by atoms with E-state index in [2.05, 4.69) is 12.2 Å². The van der Waals surface area contributed by atoms with Gasteiger partial charge in [-0.05, 0) is 37.5 Å². The Bertz CT molecular complexity index is 445. The zero-order chi connectivity index (χ0) is 13.1. The number of benzene rings is 1. The van der Waals surface area contributed by atoms with E-state index in [1.807, 2.05) is 25.1 Å². The number of hydrogen-bond acceptors (Lipinski definition) is 3. The van der Waals surface area contributed by atoms with Crippen molar-refractivity contribution in [2.75, 3.05) is 17.7 Å². The van der Waals surface area contributed by atoms with Gasteiger partial charge in [0.25, 0.3) is 0 Å². The van der Waals surface area contributed by atoms with Crippen molar-refractivity contribution in [3.05, 3.63) is 23.8 Å². The molecular formula is C14H20N2O2. The largest absolute Gasteiger partial charge is 0.398 e. The molecule has 2 atom stereocenters. The standard InChI is InChI=1S/C14H20N2O2/c1-3-10-4-5-12(7-13(10)15)16-14(17)11-6-9(2)18-8-11/h4-5,7,9,11H,3,6,8,15H2,1-2H3,(H,16,17). The third kappa shape index (κ3) is 2.82. The maximum Gasteiger partial charge on any atom is 0.229 e. The molecule has 0 aromatic heterocycles. The van der Waals surface area contributed by atoms with Gasteiger partial charge in [-0.3, -0.25) is 4.79 Å². The molecule has 98 valence electrons. The highest BCUT2D eigenvalue weighted by Gasteiger charge is 2.28. The fourth-order valence-corrected chi connectivity index (χ4v) is 2.24. The van der Waals surface area contributed by atoms with E-state index in [-0.39, 0.29) is 17.9 Å². The number of nitrogens with one attached hydrogen (secondary N) is 1. The van der Waals surface area contributed by atoms with Crippen LogP contribution in [0, 0.1) is 5.92 Å². The van der Waals surface area contributed by atoms with Gasteiger partial charge in [-0.2, -0.15) is 0 Å². The van der Waals surface area contributed by atoms with Gasteiger partial charge in [-0.1, -0.05) is 13.0 Å². The predicted molar refractivity (Wildman–Crippen MR) is 72.4 cm³/mol. The quantitative estimate of drug-likeness (QED) is 0.806. The summed E-state index contributed by atoms with van der Waals surface area (Å²) in [5.41, 5.74) is 8.50. The number of hydrogen-bond donors (Lipinski definition) is 2. The molecule has 1 saturated heterocycles. The minimum absolute atomic E-state index is 0.0167. The van der Waals surface area contributed by atoms with Crippen molar-refractivity contribution in [1.29, 1.82) is 0 Å². The Kier molecular flexibility index (Phi) is 3.87. The maximum absolute atomic E-state index is 12.0. The van der Waals surface area contributed by atoms with E-state index in [9.17, 15) is 4.79 Å². The molecule has 0 bridgehead atoms. The third-order valence-corrected chi connectivity index (χ3v) is 3.36. The number of anilines is 2. The number of carbonyl (C=O) groups excluding carboxylic acids is 1. The Morgan fingerprint density at radius 3 is 2.89 bits per heavy atom. The number of rotatable bonds is 3. The van der Waals surface area contributed by atoms with Crippen LogP contribution < -0.4 is 11.1 Å². The minimum atomic E-state index is -0.0490. The van der Waals surface area contributed by atoms with E-state index in [1.165, 1.54) is 0 Å². The zero-order valence-electron chi connectivity index (χ0n) is 10.9. The van der Waals surface area contributed by atoms with E-state index < -0.39 is 0 Å². The van der Waals surface area contributed by atoms with Crippen molar-refractivity contribution in [1.82, 2.24) is 0 Å². The van der Waals surface area contributed by atoms with Crippen LogP contribution in [0.1, 0.15) is 25.8 Å². The van der Waals surface area contributed by atoms with Crippen molar-refractivity contribution in [2.45, 2.75) is 32.8 Å². The summed E-state index contributed by atoms with van der Waals surface area (Å²) in [5.74, 6) is -0.0323. The molecular weight excluding hydrogens is 228 g/mol. The maximum atomic E-state index is 12.0. The zero-order valence-corrected chi connectivity index (χ0v) is 10.9. The summed E-state index contributed by atoms with van der Waals surface area (Å²) >= 11 is 0. The van der Waals surface area contributed by atoms with E-state index >= 15 is 0 Å². The average Bonchev–Trinajstić information content (AvgIpc) is 2.76. The van der Waals surface area contributed by atoms with Crippen molar-refractivity contribution < 1.29 is 9.53 Å². The summed E-state index contributed by atoms with van der Waals surface area (Å²) < 4.78 is 5.40. The molecule has 2 unspecified atom stereocenters. The molecule has 1 aromatic rings. The summed E-state index contributed by atoms with van der Waals surface area (Å²) in [6.45, 7) is 4.55. The van der Waals surface area contributed by atoms with Crippen molar-refractivity contribution in [3.8, 4) is 0 Å². The Morgan fingerprint density at radius 2 is 2.33 bits per heavy atom. The van der Waals surface area contributed by atoms with Crippen molar-refractivity contribution in [3.63, 3.8) is 0 Å². The van der Waals surface area contributed by atoms with Gasteiger partial charge >= 0.3 is 0 Å². The summed E-state index contributed by atoms with van der Waals surface area (Å²) in [7, 11) is 0. The van der Waals surface area contributed by atoms with Crippen LogP contribution in [0.25, 0.3) is 0 Å². The van der Waals surface area contributed by atoms with Crippen molar-refractivity contribution >= 4 is 17.3 Å². The Morgan fingerprint density at radius 1 is 1.56 bits per heavy atom. The molecule has 1 aliphatic heterocycles. The van der Waals surface area contributed by atoms with Crippen LogP contribution in [0.15, 0.2) is 18.2 Å². The first-order valence-electron chi connectivity index (χ1n) is 6.41. The number of aryl methyl sites for hydroxylation is 1. The van der Waals surface area contributed by atoms with Gasteiger partial charge in [0.2, 0.25) is 5.91 Å². The molecule has 4 heteroatoms. The van der Waals surface area contributed by atoms with Gasteiger partial charge in [-0.25, -0.2) is 0 Å². The molecule has 0 aliphatic carbocycles. The lowest BCUT2D eigenvalue weighted by molar-refractivity contribution is -0.119. The number of amides is 1. The second kappa shape index (κ2) is 5.40. The topological polar surface area (TPSA) is 64.3 Å². The Labute approximate surface area is 108 Å². The van der Waals surface area contributed by atoms with E-state index in [0.717, 1.165) is 29.8 Å². The third-order valence-electron chi connectivity index (χ3n) is 3.36. The van der Waals surface area contributed by atoms with Gasteiger partial charge in [-0.15, -0.1) is 0 Å². The first-order chi connectivity index (χ1) is 8.60. The second-order valence-corrected chi connectivity index (χ2v) is 4.83. The lowest BCUT2D eigenvalue weighted by Crippen LogP contribution is -2.23. The number of nitrogens with two attached hydrogens (primary N) is 1. The average molecular weight is 248 g/mol. The van der Waals surface area contributed by atoms with E-state index in [0.29, 0.717) is 6.61 Å². The highest BCUT2D eigenvalue weighted by molar-refractivity contribution is 5.93. The van der Waals surface area contributed by atoms with Crippen LogP contribution in [-0.4, -0.2) is 18.6 Å². The predicted octanol–water partition coefficient (Wildman–Crippen LogP) is 2.19. The smallest absolute Gasteiger partial charge is 0.229 e. The molecule has 1 heterocycles.